The average molecular weight is 863 g/mol. The summed E-state index contributed by atoms with van der Waals surface area (Å²) < 4.78 is 17.2. The first-order valence-corrected chi connectivity index (χ1v) is 21.2. The predicted molar refractivity (Wildman–Crippen MR) is 261 cm³/mol. The van der Waals surface area contributed by atoms with E-state index in [1.54, 1.807) is 48.5 Å². The molecule has 0 radical (unpaired) electrons. The molecular formula is C58H35FN8. The third kappa shape index (κ3) is 8.28. The second-order valence-electron chi connectivity index (χ2n) is 15.5. The molecule has 0 amide bonds. The molecule has 10 rings (SSSR count). The first kappa shape index (κ1) is 42.5. The summed E-state index contributed by atoms with van der Waals surface area (Å²) >= 11 is 0. The second-order valence-corrected chi connectivity index (χ2v) is 15.5. The van der Waals surface area contributed by atoms with E-state index >= 15 is 4.39 Å². The molecule has 9 heteroatoms. The highest BCUT2D eigenvalue weighted by atomic mass is 19.1. The minimum Gasteiger partial charge on any atom is -0.309 e. The smallest absolute Gasteiger partial charge is 0.164 e. The first-order valence-electron chi connectivity index (χ1n) is 21.2. The number of fused-ring (bicyclic) bond motifs is 3. The van der Waals surface area contributed by atoms with E-state index in [2.05, 4.69) is 35.4 Å². The summed E-state index contributed by atoms with van der Waals surface area (Å²) in [5, 5.41) is 41.4. The van der Waals surface area contributed by atoms with Crippen molar-refractivity contribution in [2.24, 2.45) is 0 Å². The molecule has 0 spiro atoms. The number of nitriles is 4. The van der Waals surface area contributed by atoms with Crippen molar-refractivity contribution in [2.45, 2.75) is 6.92 Å². The molecule has 8 nitrogen and oxygen atoms in total. The van der Waals surface area contributed by atoms with Gasteiger partial charge in [-0.25, -0.2) is 19.3 Å². The number of nitrogens with zero attached hydrogens (tertiary/aromatic N) is 8. The van der Waals surface area contributed by atoms with Crippen LogP contribution in [0.1, 0.15) is 29.2 Å². The first-order chi connectivity index (χ1) is 32.8. The van der Waals surface area contributed by atoms with Crippen molar-refractivity contribution in [1.29, 1.82) is 21.0 Å². The van der Waals surface area contributed by atoms with Crippen LogP contribution in [0.5, 0.6) is 0 Å². The van der Waals surface area contributed by atoms with Crippen LogP contribution in [0.15, 0.2) is 189 Å². The number of allylic oxidation sites excluding steroid dienone is 1. The van der Waals surface area contributed by atoms with Crippen LogP contribution in [0.25, 0.3) is 95.0 Å². The van der Waals surface area contributed by atoms with Crippen LogP contribution >= 0.6 is 0 Å². The fraction of sp³-hybridized carbons (Fsp3) is 0.0172. The molecule has 0 aliphatic rings. The lowest BCUT2D eigenvalue weighted by atomic mass is 9.96. The molecule has 0 aliphatic carbocycles. The van der Waals surface area contributed by atoms with Crippen LogP contribution in [-0.2, 0) is 0 Å². The maximum atomic E-state index is 15.0. The fourth-order valence-electron chi connectivity index (χ4n) is 8.24. The van der Waals surface area contributed by atoms with Crippen molar-refractivity contribution in [3.05, 3.63) is 217 Å². The largest absolute Gasteiger partial charge is 0.309 e. The number of halogens is 1. The Morgan fingerprint density at radius 1 is 0.448 bits per heavy atom. The second kappa shape index (κ2) is 18.5. The third-order valence-electron chi connectivity index (χ3n) is 11.3. The summed E-state index contributed by atoms with van der Waals surface area (Å²) in [4.78, 5) is 15.1. The van der Waals surface area contributed by atoms with E-state index in [1.165, 1.54) is 12.1 Å². The molecular weight excluding hydrogens is 828 g/mol. The van der Waals surface area contributed by atoms with Crippen LogP contribution in [0.3, 0.4) is 0 Å². The van der Waals surface area contributed by atoms with Crippen LogP contribution < -0.4 is 0 Å². The number of hydrogen-bond acceptors (Lipinski definition) is 7. The van der Waals surface area contributed by atoms with Crippen molar-refractivity contribution >= 4 is 21.8 Å². The Bertz CT molecular complexity index is 3540. The van der Waals surface area contributed by atoms with Gasteiger partial charge in [-0.1, -0.05) is 121 Å². The molecule has 8 aromatic carbocycles. The fourth-order valence-corrected chi connectivity index (χ4v) is 8.24. The Labute approximate surface area is 386 Å². The maximum absolute atomic E-state index is 15.0. The van der Waals surface area contributed by atoms with Gasteiger partial charge in [0.25, 0.3) is 0 Å². The molecule has 0 saturated carbocycles. The van der Waals surface area contributed by atoms with Gasteiger partial charge in [-0.05, 0) is 101 Å². The lowest BCUT2D eigenvalue weighted by molar-refractivity contribution is 0.628. The molecule has 0 fully saturated rings. The Kier molecular flexibility index (Phi) is 11.7. The van der Waals surface area contributed by atoms with Crippen LogP contribution in [0.4, 0.5) is 4.39 Å². The lowest BCUT2D eigenvalue weighted by Gasteiger charge is -2.16. The monoisotopic (exact) mass is 862 g/mol. The zero-order valence-corrected chi connectivity index (χ0v) is 36.0. The molecule has 0 atom stereocenters. The average Bonchev–Trinajstić information content (AvgIpc) is 3.71. The van der Waals surface area contributed by atoms with Gasteiger partial charge in [0.2, 0.25) is 0 Å². The highest BCUT2D eigenvalue weighted by molar-refractivity contribution is 6.11. The molecule has 314 valence electrons. The summed E-state index contributed by atoms with van der Waals surface area (Å²) in [6, 6.07) is 62.7. The van der Waals surface area contributed by atoms with E-state index in [-0.39, 0.29) is 5.82 Å². The zero-order chi connectivity index (χ0) is 46.4. The van der Waals surface area contributed by atoms with E-state index in [4.69, 9.17) is 15.0 Å². The number of hydrogen-bond donors (Lipinski definition) is 0. The van der Waals surface area contributed by atoms with Crippen molar-refractivity contribution < 1.29 is 4.39 Å². The zero-order valence-electron chi connectivity index (χ0n) is 36.0. The van der Waals surface area contributed by atoms with Gasteiger partial charge in [0.15, 0.2) is 17.5 Å². The van der Waals surface area contributed by atoms with E-state index in [0.717, 1.165) is 49.7 Å². The normalized spacial score (nSPS) is 10.5. The standard InChI is InChI=1S/C55H29FN8.C3H6/c56-43-13-7-12-38(26-43)47-23-18-44(29-50(47)55-62-53(36-8-3-1-4-9-36)61-54(63-55)37-10-5-2-6-11-37)64-51-27-39(45-19-14-34(30-57)24-41(45)32-59)16-21-48(51)49-22-17-40(28-52(49)64)46-20-15-35(31-58)25-42(46)33-60;1-3-2/h1-29H;3H,1H2,2H3. The summed E-state index contributed by atoms with van der Waals surface area (Å²) in [7, 11) is 0. The van der Waals surface area contributed by atoms with Crippen LogP contribution in [0, 0.1) is 51.1 Å². The van der Waals surface area contributed by atoms with Gasteiger partial charge in [0.05, 0.1) is 57.6 Å². The minimum absolute atomic E-state index is 0.369. The molecule has 0 unspecified atom stereocenters. The third-order valence-corrected chi connectivity index (χ3v) is 11.3. The van der Waals surface area contributed by atoms with E-state index < -0.39 is 0 Å². The topological polar surface area (TPSA) is 139 Å². The molecule has 0 saturated heterocycles. The van der Waals surface area contributed by atoms with E-state index in [9.17, 15) is 21.0 Å². The SMILES string of the molecule is C=CC.N#Cc1ccc(-c2ccc3c4ccc(-c5ccc(C#N)cc5C#N)cc4n(-c4ccc(-c5cccc(F)c5)c(-c5nc(-c6ccccc6)nc(-c6ccccc6)n5)c4)c3c2)c(C#N)c1. The van der Waals surface area contributed by atoms with Gasteiger partial charge >= 0.3 is 0 Å². The van der Waals surface area contributed by atoms with Crippen molar-refractivity contribution in [3.63, 3.8) is 0 Å². The molecule has 0 N–H and O–H groups in total. The molecule has 2 heterocycles. The van der Waals surface area contributed by atoms with Crippen molar-refractivity contribution in [2.75, 3.05) is 0 Å². The van der Waals surface area contributed by atoms with Gasteiger partial charge in [-0.2, -0.15) is 21.0 Å². The van der Waals surface area contributed by atoms with Gasteiger partial charge < -0.3 is 4.57 Å². The molecule has 0 bridgehead atoms. The van der Waals surface area contributed by atoms with E-state index in [0.29, 0.717) is 67.5 Å². The molecule has 67 heavy (non-hydrogen) atoms. The lowest BCUT2D eigenvalue weighted by Crippen LogP contribution is -2.02. The molecule has 2 aromatic heterocycles. The maximum Gasteiger partial charge on any atom is 0.164 e. The predicted octanol–water partition coefficient (Wildman–Crippen LogP) is 13.8. The highest BCUT2D eigenvalue weighted by Crippen LogP contribution is 2.41. The Morgan fingerprint density at radius 2 is 0.910 bits per heavy atom. The van der Waals surface area contributed by atoms with Crippen molar-refractivity contribution in [3.8, 4) is 97.5 Å². The Morgan fingerprint density at radius 3 is 1.39 bits per heavy atom. The summed E-state index contributed by atoms with van der Waals surface area (Å²) in [5.74, 6) is 0.929. The van der Waals surface area contributed by atoms with E-state index in [1.807, 2.05) is 128 Å². The highest BCUT2D eigenvalue weighted by Gasteiger charge is 2.21. The number of rotatable bonds is 7. The summed E-state index contributed by atoms with van der Waals surface area (Å²) in [6.45, 7) is 5.25. The van der Waals surface area contributed by atoms with Crippen molar-refractivity contribution in [1.82, 2.24) is 19.5 Å². The molecule has 10 aromatic rings. The van der Waals surface area contributed by atoms with Gasteiger partial charge in [-0.3, -0.25) is 0 Å². The summed E-state index contributed by atoms with van der Waals surface area (Å²) in [6.07, 6.45) is 1.75. The number of aromatic nitrogens is 4. The van der Waals surface area contributed by atoms with Gasteiger partial charge in [-0.15, -0.1) is 6.58 Å². The Balaban J connectivity index is 0.00000183. The quantitative estimate of drug-likeness (QED) is 0.145. The number of benzene rings is 8. The van der Waals surface area contributed by atoms with Crippen LogP contribution in [0.2, 0.25) is 0 Å². The van der Waals surface area contributed by atoms with Gasteiger partial charge in [0, 0.05) is 33.2 Å². The van der Waals surface area contributed by atoms with Crippen LogP contribution in [-0.4, -0.2) is 19.5 Å². The minimum atomic E-state index is -0.389. The van der Waals surface area contributed by atoms with Gasteiger partial charge in [0.1, 0.15) is 5.82 Å². The molecule has 0 aliphatic heterocycles. The Hall–Kier alpha value is -9.80. The summed E-state index contributed by atoms with van der Waals surface area (Å²) in [5.41, 5.74) is 10.3.